The van der Waals surface area contributed by atoms with Gasteiger partial charge in [0.15, 0.2) is 0 Å². The third-order valence-electron chi connectivity index (χ3n) is 2.33. The molecule has 0 aromatic carbocycles. The Hall–Kier alpha value is -1.05. The van der Waals surface area contributed by atoms with Crippen molar-refractivity contribution in [3.05, 3.63) is 23.9 Å². The average molecular weight is 162 g/mol. The summed E-state index contributed by atoms with van der Waals surface area (Å²) in [5.41, 5.74) is 1.40. The first-order valence-electron chi connectivity index (χ1n) is 4.45. The average Bonchev–Trinajstić information content (AvgIpc) is 2.49. The highest BCUT2D eigenvalue weighted by Gasteiger charge is 2.23. The fourth-order valence-electron chi connectivity index (χ4n) is 1.72. The lowest BCUT2D eigenvalue weighted by molar-refractivity contribution is 0.324. The van der Waals surface area contributed by atoms with Crippen molar-refractivity contribution in [2.24, 2.45) is 10.9 Å². The molecule has 0 saturated carbocycles. The summed E-state index contributed by atoms with van der Waals surface area (Å²) in [6.07, 6.45) is 8.72. The van der Waals surface area contributed by atoms with E-state index in [1.807, 2.05) is 6.21 Å². The normalized spacial score (nSPS) is 26.4. The molecule has 2 heteroatoms. The van der Waals surface area contributed by atoms with E-state index in [1.54, 1.807) is 0 Å². The highest BCUT2D eigenvalue weighted by Crippen LogP contribution is 2.24. The van der Waals surface area contributed by atoms with Crippen LogP contribution >= 0.6 is 0 Å². The van der Waals surface area contributed by atoms with Crippen LogP contribution in [0.4, 0.5) is 0 Å². The van der Waals surface area contributed by atoms with Gasteiger partial charge in [-0.15, -0.1) is 0 Å². The van der Waals surface area contributed by atoms with Crippen LogP contribution in [0.3, 0.4) is 0 Å². The summed E-state index contributed by atoms with van der Waals surface area (Å²) in [7, 11) is 0. The molecule has 2 aliphatic heterocycles. The van der Waals surface area contributed by atoms with Crippen LogP contribution in [-0.2, 0) is 0 Å². The molecule has 0 saturated heterocycles. The van der Waals surface area contributed by atoms with Crippen molar-refractivity contribution in [2.45, 2.75) is 20.0 Å². The van der Waals surface area contributed by atoms with Crippen LogP contribution < -0.4 is 0 Å². The summed E-state index contributed by atoms with van der Waals surface area (Å²) in [6.45, 7) is 5.42. The topological polar surface area (TPSA) is 15.6 Å². The molecule has 0 amide bonds. The molecule has 0 spiro atoms. The van der Waals surface area contributed by atoms with E-state index in [0.717, 1.165) is 6.54 Å². The van der Waals surface area contributed by atoms with Crippen LogP contribution in [0.15, 0.2) is 28.9 Å². The van der Waals surface area contributed by atoms with Crippen molar-refractivity contribution >= 4 is 6.21 Å². The minimum absolute atomic E-state index is 0.285. The minimum atomic E-state index is 0.285. The molecular weight excluding hydrogens is 148 g/mol. The van der Waals surface area contributed by atoms with Gasteiger partial charge in [-0.25, -0.2) is 0 Å². The summed E-state index contributed by atoms with van der Waals surface area (Å²) in [6, 6.07) is 0. The number of hydrogen-bond acceptors (Lipinski definition) is 2. The molecule has 0 radical (unpaired) electrons. The summed E-state index contributed by atoms with van der Waals surface area (Å²) in [5.74, 6) is 0.596. The molecule has 2 nitrogen and oxygen atoms in total. The molecule has 12 heavy (non-hydrogen) atoms. The third-order valence-corrected chi connectivity index (χ3v) is 2.33. The zero-order valence-corrected chi connectivity index (χ0v) is 7.57. The smallest absolute Gasteiger partial charge is 0.140 e. The van der Waals surface area contributed by atoms with Crippen LogP contribution in [0.5, 0.6) is 0 Å². The molecule has 2 heterocycles. The van der Waals surface area contributed by atoms with E-state index >= 15 is 0 Å². The first-order valence-corrected chi connectivity index (χ1v) is 4.45. The van der Waals surface area contributed by atoms with E-state index in [9.17, 15) is 0 Å². The van der Waals surface area contributed by atoms with Gasteiger partial charge < -0.3 is 4.90 Å². The Bertz CT molecular complexity index is 261. The largest absolute Gasteiger partial charge is 0.344 e. The third kappa shape index (κ3) is 1.07. The van der Waals surface area contributed by atoms with Gasteiger partial charge in [0.05, 0.1) is 6.54 Å². The highest BCUT2D eigenvalue weighted by molar-refractivity contribution is 5.63. The fraction of sp³-hybridized carbons (Fsp3) is 0.500. The van der Waals surface area contributed by atoms with Crippen molar-refractivity contribution in [1.29, 1.82) is 0 Å². The highest BCUT2D eigenvalue weighted by atomic mass is 15.3. The van der Waals surface area contributed by atoms with Crippen LogP contribution in [0.25, 0.3) is 0 Å². The number of hydrogen-bond donors (Lipinski definition) is 0. The van der Waals surface area contributed by atoms with Gasteiger partial charge in [0.25, 0.3) is 0 Å². The van der Waals surface area contributed by atoms with Crippen LogP contribution in [-0.4, -0.2) is 23.8 Å². The molecule has 1 atom stereocenters. The van der Waals surface area contributed by atoms with Gasteiger partial charge in [-0.2, -0.15) is 0 Å². The molecule has 1 unspecified atom stereocenters. The summed E-state index contributed by atoms with van der Waals surface area (Å²) < 4.78 is 0. The second-order valence-electron chi connectivity index (χ2n) is 3.53. The fourth-order valence-corrected chi connectivity index (χ4v) is 1.72. The van der Waals surface area contributed by atoms with Gasteiger partial charge in [0, 0.05) is 11.9 Å². The second-order valence-corrected chi connectivity index (χ2v) is 3.53. The van der Waals surface area contributed by atoms with Crippen molar-refractivity contribution in [1.82, 2.24) is 4.90 Å². The predicted octanol–water partition coefficient (Wildman–Crippen LogP) is 1.81. The Morgan fingerprint density at radius 1 is 1.58 bits per heavy atom. The van der Waals surface area contributed by atoms with Gasteiger partial charge >= 0.3 is 0 Å². The second kappa shape index (κ2) is 2.77. The maximum absolute atomic E-state index is 4.36. The SMILES string of the molecule is CC(C)C1=CC=CC2N=CCN12. The Labute approximate surface area is 73.3 Å². The Morgan fingerprint density at radius 2 is 2.42 bits per heavy atom. The van der Waals surface area contributed by atoms with E-state index in [4.69, 9.17) is 0 Å². The number of nitrogens with zero attached hydrogens (tertiary/aromatic N) is 2. The van der Waals surface area contributed by atoms with E-state index in [2.05, 4.69) is 42.0 Å². The van der Waals surface area contributed by atoms with Crippen molar-refractivity contribution in [2.75, 3.05) is 6.54 Å². The van der Waals surface area contributed by atoms with Crippen molar-refractivity contribution in [3.8, 4) is 0 Å². The van der Waals surface area contributed by atoms with E-state index < -0.39 is 0 Å². The first kappa shape index (κ1) is 7.59. The number of aliphatic imine (C=N–C) groups is 1. The van der Waals surface area contributed by atoms with E-state index in [-0.39, 0.29) is 6.17 Å². The van der Waals surface area contributed by atoms with Gasteiger partial charge in [0.2, 0.25) is 0 Å². The van der Waals surface area contributed by atoms with Gasteiger partial charge in [0.1, 0.15) is 6.17 Å². The van der Waals surface area contributed by atoms with Crippen molar-refractivity contribution < 1.29 is 0 Å². The monoisotopic (exact) mass is 162 g/mol. The number of allylic oxidation sites excluding steroid dienone is 3. The standard InChI is InChI=1S/C10H14N2/c1-8(2)9-4-3-5-10-11-6-7-12(9)10/h3-6,8,10H,7H2,1-2H3. The van der Waals surface area contributed by atoms with Crippen LogP contribution in [0.2, 0.25) is 0 Å². The summed E-state index contributed by atoms with van der Waals surface area (Å²) in [4.78, 5) is 6.70. The zero-order valence-electron chi connectivity index (χ0n) is 7.57. The van der Waals surface area contributed by atoms with Gasteiger partial charge in [-0.3, -0.25) is 4.99 Å². The van der Waals surface area contributed by atoms with Crippen molar-refractivity contribution in [3.63, 3.8) is 0 Å². The summed E-state index contributed by atoms with van der Waals surface area (Å²) in [5, 5.41) is 0. The lowest BCUT2D eigenvalue weighted by atomic mass is 10.1. The first-order chi connectivity index (χ1) is 5.79. The quantitative estimate of drug-likeness (QED) is 0.574. The molecule has 0 N–H and O–H groups in total. The van der Waals surface area contributed by atoms with Crippen LogP contribution in [0.1, 0.15) is 13.8 Å². The minimum Gasteiger partial charge on any atom is -0.344 e. The molecule has 0 bridgehead atoms. The molecule has 0 aliphatic carbocycles. The lowest BCUT2D eigenvalue weighted by Crippen LogP contribution is -2.32. The summed E-state index contributed by atoms with van der Waals surface area (Å²) >= 11 is 0. The predicted molar refractivity (Wildman–Crippen MR) is 51.0 cm³/mol. The number of rotatable bonds is 1. The lowest BCUT2D eigenvalue weighted by Gasteiger charge is -2.30. The van der Waals surface area contributed by atoms with E-state index in [0.29, 0.717) is 5.92 Å². The Morgan fingerprint density at radius 3 is 3.17 bits per heavy atom. The molecule has 0 fully saturated rings. The Kier molecular flexibility index (Phi) is 1.75. The Balaban J connectivity index is 2.24. The maximum Gasteiger partial charge on any atom is 0.140 e. The zero-order chi connectivity index (χ0) is 8.55. The molecule has 0 aromatic heterocycles. The van der Waals surface area contributed by atoms with Gasteiger partial charge in [-0.1, -0.05) is 19.9 Å². The van der Waals surface area contributed by atoms with Crippen LogP contribution in [0, 0.1) is 5.92 Å². The molecule has 0 aromatic rings. The molecule has 2 rings (SSSR count). The maximum atomic E-state index is 4.36. The van der Waals surface area contributed by atoms with E-state index in [1.165, 1.54) is 5.70 Å². The molecule has 2 aliphatic rings. The molecular formula is C10H14N2. The van der Waals surface area contributed by atoms with Gasteiger partial charge in [-0.05, 0) is 18.1 Å². The molecule has 64 valence electrons. The number of fused-ring (bicyclic) bond motifs is 1.